The fraction of sp³-hybridized carbons (Fsp3) is 0.500. The van der Waals surface area contributed by atoms with Gasteiger partial charge in [-0.1, -0.05) is 11.6 Å². The highest BCUT2D eigenvalue weighted by atomic mass is 35.5. The van der Waals surface area contributed by atoms with Crippen molar-refractivity contribution < 1.29 is 12.8 Å². The van der Waals surface area contributed by atoms with Crippen LogP contribution >= 0.6 is 11.6 Å². The first kappa shape index (κ1) is 14.6. The minimum Gasteiger partial charge on any atom is -0.396 e. The molecule has 0 spiro atoms. The van der Waals surface area contributed by atoms with Gasteiger partial charge in [0.1, 0.15) is 10.7 Å². The molecule has 1 heterocycles. The highest BCUT2D eigenvalue weighted by Gasteiger charge is 2.41. The van der Waals surface area contributed by atoms with Crippen molar-refractivity contribution in [2.75, 3.05) is 12.3 Å². The third-order valence-electron chi connectivity index (χ3n) is 3.44. The largest absolute Gasteiger partial charge is 0.396 e. The van der Waals surface area contributed by atoms with Crippen LogP contribution in [0.1, 0.15) is 26.7 Å². The van der Waals surface area contributed by atoms with E-state index in [1.165, 1.54) is 4.31 Å². The molecule has 0 atom stereocenters. The Morgan fingerprint density at radius 2 is 2.05 bits per heavy atom. The molecule has 4 nitrogen and oxygen atoms in total. The lowest BCUT2D eigenvalue weighted by atomic mass is 10.0. The maximum atomic E-state index is 13.3. The fourth-order valence-corrected chi connectivity index (χ4v) is 4.76. The van der Waals surface area contributed by atoms with Crippen LogP contribution in [-0.2, 0) is 10.0 Å². The normalized spacial score (nSPS) is 19.8. The summed E-state index contributed by atoms with van der Waals surface area (Å²) < 4.78 is 39.9. The molecule has 0 unspecified atom stereocenters. The Balaban J connectivity index is 2.55. The van der Waals surface area contributed by atoms with Crippen molar-refractivity contribution in [2.45, 2.75) is 37.1 Å². The van der Waals surface area contributed by atoms with Crippen LogP contribution in [0.2, 0.25) is 5.02 Å². The number of nitrogen functional groups attached to an aromatic ring is 1. The van der Waals surface area contributed by atoms with E-state index in [1.54, 1.807) is 0 Å². The van der Waals surface area contributed by atoms with Crippen molar-refractivity contribution >= 4 is 27.3 Å². The lowest BCUT2D eigenvalue weighted by Crippen LogP contribution is -2.42. The van der Waals surface area contributed by atoms with Crippen LogP contribution in [0.15, 0.2) is 17.0 Å². The number of nitrogens with zero attached hydrogens (tertiary/aromatic N) is 1. The van der Waals surface area contributed by atoms with E-state index >= 15 is 0 Å². The Morgan fingerprint density at radius 3 is 2.58 bits per heavy atom. The van der Waals surface area contributed by atoms with Gasteiger partial charge in [0.05, 0.1) is 10.7 Å². The third kappa shape index (κ3) is 2.44. The van der Waals surface area contributed by atoms with Gasteiger partial charge in [0.2, 0.25) is 10.0 Å². The predicted molar refractivity (Wildman–Crippen MR) is 73.0 cm³/mol. The molecule has 0 saturated carbocycles. The molecule has 1 aliphatic rings. The molecular formula is C12H16ClFN2O2S. The van der Waals surface area contributed by atoms with E-state index in [9.17, 15) is 12.8 Å². The summed E-state index contributed by atoms with van der Waals surface area (Å²) in [6, 6.07) is 2.02. The molecule has 1 aromatic rings. The molecule has 2 rings (SSSR count). The zero-order valence-electron chi connectivity index (χ0n) is 10.8. The standard InChI is InChI=1S/C12H16ClFN2O2S/c1-12(2)4-3-5-16(12)19(17,18)11-7-10(15)9(14)6-8(11)13/h6-7H,3-5,15H2,1-2H3. The van der Waals surface area contributed by atoms with Gasteiger partial charge in [-0.2, -0.15) is 4.31 Å². The summed E-state index contributed by atoms with van der Waals surface area (Å²) in [5.41, 5.74) is 4.75. The summed E-state index contributed by atoms with van der Waals surface area (Å²) in [7, 11) is -3.76. The summed E-state index contributed by atoms with van der Waals surface area (Å²) in [6.07, 6.45) is 1.57. The lowest BCUT2D eigenvalue weighted by molar-refractivity contribution is 0.292. The molecule has 19 heavy (non-hydrogen) atoms. The first-order chi connectivity index (χ1) is 8.66. The monoisotopic (exact) mass is 306 g/mol. The van der Waals surface area contributed by atoms with E-state index in [1.807, 2.05) is 13.8 Å². The van der Waals surface area contributed by atoms with Crippen LogP contribution in [-0.4, -0.2) is 24.8 Å². The number of benzene rings is 1. The maximum Gasteiger partial charge on any atom is 0.245 e. The zero-order chi connectivity index (χ0) is 14.4. The van der Waals surface area contributed by atoms with Gasteiger partial charge >= 0.3 is 0 Å². The van der Waals surface area contributed by atoms with Crippen molar-refractivity contribution in [3.63, 3.8) is 0 Å². The summed E-state index contributed by atoms with van der Waals surface area (Å²) in [5.74, 6) is -0.718. The number of hydrogen-bond donors (Lipinski definition) is 1. The van der Waals surface area contributed by atoms with Crippen molar-refractivity contribution in [1.82, 2.24) is 4.31 Å². The van der Waals surface area contributed by atoms with Gasteiger partial charge < -0.3 is 5.73 Å². The van der Waals surface area contributed by atoms with E-state index in [0.717, 1.165) is 25.0 Å². The van der Waals surface area contributed by atoms with Crippen LogP contribution in [0.5, 0.6) is 0 Å². The summed E-state index contributed by atoms with van der Waals surface area (Å²) >= 11 is 5.86. The second-order valence-electron chi connectivity index (χ2n) is 5.30. The smallest absolute Gasteiger partial charge is 0.245 e. The van der Waals surface area contributed by atoms with Gasteiger partial charge in [-0.05, 0) is 38.8 Å². The van der Waals surface area contributed by atoms with Crippen LogP contribution < -0.4 is 5.73 Å². The Hall–Kier alpha value is -0.850. The number of rotatable bonds is 2. The molecule has 1 saturated heterocycles. The van der Waals surface area contributed by atoms with Gasteiger partial charge in [-0.15, -0.1) is 0 Å². The molecule has 1 aromatic carbocycles. The Morgan fingerprint density at radius 1 is 1.42 bits per heavy atom. The van der Waals surface area contributed by atoms with Gasteiger partial charge in [0.15, 0.2) is 0 Å². The molecule has 2 N–H and O–H groups in total. The molecule has 1 aliphatic heterocycles. The average Bonchev–Trinajstić information content (AvgIpc) is 2.63. The van der Waals surface area contributed by atoms with E-state index in [-0.39, 0.29) is 15.6 Å². The highest BCUT2D eigenvalue weighted by molar-refractivity contribution is 7.89. The SMILES string of the molecule is CC1(C)CCCN1S(=O)(=O)c1cc(N)c(F)cc1Cl. The number of nitrogens with two attached hydrogens (primary N) is 1. The van der Waals surface area contributed by atoms with Gasteiger partial charge in [-0.3, -0.25) is 0 Å². The maximum absolute atomic E-state index is 13.3. The van der Waals surface area contributed by atoms with Crippen molar-refractivity contribution in [3.8, 4) is 0 Å². The molecule has 0 amide bonds. The Bertz CT molecular complexity index is 616. The molecule has 1 fully saturated rings. The highest BCUT2D eigenvalue weighted by Crippen LogP contribution is 2.37. The molecule has 0 aromatic heterocycles. The van der Waals surface area contributed by atoms with Crippen LogP contribution in [0, 0.1) is 5.82 Å². The van der Waals surface area contributed by atoms with E-state index in [4.69, 9.17) is 17.3 Å². The van der Waals surface area contributed by atoms with Crippen LogP contribution in [0.3, 0.4) is 0 Å². The number of halogens is 2. The molecule has 0 bridgehead atoms. The topological polar surface area (TPSA) is 63.4 Å². The molecule has 0 radical (unpaired) electrons. The van der Waals surface area contributed by atoms with Gasteiger partial charge in [0, 0.05) is 12.1 Å². The first-order valence-electron chi connectivity index (χ1n) is 5.93. The minimum absolute atomic E-state index is 0.136. The number of sulfonamides is 1. The second-order valence-corrected chi connectivity index (χ2v) is 7.54. The molecule has 106 valence electrons. The van der Waals surface area contributed by atoms with Gasteiger partial charge in [0.25, 0.3) is 0 Å². The summed E-state index contributed by atoms with van der Waals surface area (Å²) in [6.45, 7) is 4.15. The quantitative estimate of drug-likeness (QED) is 0.854. The number of hydrogen-bond acceptors (Lipinski definition) is 3. The van der Waals surface area contributed by atoms with Crippen molar-refractivity contribution in [2.24, 2.45) is 0 Å². The Labute approximate surface area is 117 Å². The molecule has 0 aliphatic carbocycles. The fourth-order valence-electron chi connectivity index (χ4n) is 2.39. The average molecular weight is 307 g/mol. The molecular weight excluding hydrogens is 291 g/mol. The first-order valence-corrected chi connectivity index (χ1v) is 7.75. The van der Waals surface area contributed by atoms with Gasteiger partial charge in [-0.25, -0.2) is 12.8 Å². The van der Waals surface area contributed by atoms with Crippen LogP contribution in [0.4, 0.5) is 10.1 Å². The zero-order valence-corrected chi connectivity index (χ0v) is 12.4. The Kier molecular flexibility index (Phi) is 3.53. The predicted octanol–water partition coefficient (Wildman–Crippen LogP) is 2.62. The summed E-state index contributed by atoms with van der Waals surface area (Å²) in [4.78, 5) is -0.136. The van der Waals surface area contributed by atoms with E-state index in [2.05, 4.69) is 0 Å². The molecule has 7 heteroatoms. The minimum atomic E-state index is -3.76. The van der Waals surface area contributed by atoms with Crippen molar-refractivity contribution in [3.05, 3.63) is 23.0 Å². The number of anilines is 1. The van der Waals surface area contributed by atoms with Crippen LogP contribution in [0.25, 0.3) is 0 Å². The second kappa shape index (κ2) is 4.61. The lowest BCUT2D eigenvalue weighted by Gasteiger charge is -2.30. The summed E-state index contributed by atoms with van der Waals surface area (Å²) in [5, 5.41) is -0.144. The van der Waals surface area contributed by atoms with E-state index < -0.39 is 21.4 Å². The van der Waals surface area contributed by atoms with E-state index in [0.29, 0.717) is 6.54 Å². The van der Waals surface area contributed by atoms with Crippen molar-refractivity contribution in [1.29, 1.82) is 0 Å². The third-order valence-corrected chi connectivity index (χ3v) is 6.02.